The molecule has 0 aliphatic carbocycles. The van der Waals surface area contributed by atoms with Crippen molar-refractivity contribution in [2.45, 2.75) is 84.8 Å². The van der Waals surface area contributed by atoms with Crippen LogP contribution >= 0.6 is 11.3 Å². The van der Waals surface area contributed by atoms with Crippen molar-refractivity contribution in [2.24, 2.45) is 5.92 Å². The topological polar surface area (TPSA) is 82.5 Å². The summed E-state index contributed by atoms with van der Waals surface area (Å²) < 4.78 is 2.36. The zero-order valence-electron chi connectivity index (χ0n) is 29.3. The van der Waals surface area contributed by atoms with Crippen LogP contribution in [-0.4, -0.2) is 76.5 Å². The molecule has 258 valence electrons. The van der Waals surface area contributed by atoms with Gasteiger partial charge in [0.15, 0.2) is 0 Å². The number of amides is 2. The van der Waals surface area contributed by atoms with Gasteiger partial charge in [-0.25, -0.2) is 4.98 Å². The van der Waals surface area contributed by atoms with E-state index in [9.17, 15) is 9.59 Å². The number of aromatic nitrogens is 2. The predicted octanol–water partition coefficient (Wildman–Crippen LogP) is 6.91. The number of nitrogens with one attached hydrogen (secondary N) is 2. The first kappa shape index (κ1) is 35.8. The number of carbonyl (C=O) groups is 2. The molecule has 9 heteroatoms. The van der Waals surface area contributed by atoms with E-state index in [2.05, 4.69) is 101 Å². The van der Waals surface area contributed by atoms with Crippen molar-refractivity contribution in [1.29, 1.82) is 0 Å². The van der Waals surface area contributed by atoms with Crippen LogP contribution < -0.4 is 10.6 Å². The van der Waals surface area contributed by atoms with Gasteiger partial charge in [-0.3, -0.25) is 14.5 Å². The molecule has 5 rings (SSSR count). The number of hydrogen-bond donors (Lipinski definition) is 2. The molecule has 48 heavy (non-hydrogen) atoms. The Morgan fingerprint density at radius 2 is 1.67 bits per heavy atom. The average molecular weight is 671 g/mol. The van der Waals surface area contributed by atoms with E-state index in [0.29, 0.717) is 30.5 Å². The minimum absolute atomic E-state index is 0.103. The van der Waals surface area contributed by atoms with E-state index in [-0.39, 0.29) is 11.8 Å². The van der Waals surface area contributed by atoms with Crippen LogP contribution in [0.3, 0.4) is 0 Å². The third kappa shape index (κ3) is 9.77. The lowest BCUT2D eigenvalue weighted by molar-refractivity contribution is -0.123. The Kier molecular flexibility index (Phi) is 13.2. The normalized spacial score (nSPS) is 15.0. The molecule has 1 aliphatic rings. The quantitative estimate of drug-likeness (QED) is 0.119. The molecule has 1 unspecified atom stereocenters. The molecule has 0 spiro atoms. The van der Waals surface area contributed by atoms with Gasteiger partial charge in [-0.2, -0.15) is 0 Å². The molecule has 1 atom stereocenters. The summed E-state index contributed by atoms with van der Waals surface area (Å²) in [7, 11) is 0. The standard InChI is InChI=1S/C39H54N6O2S/c1-5-32(6-2)45-36-18-16-31(26-35(36)41-37(45)27-33-14-10-25-48-33)38(46)42-34(17-15-29(3)4)39(47)40-19-11-20-43-21-23-44(24-22-43)28-30-12-8-7-9-13-30/h7-10,12-14,16,18,25-26,29,32,34H,5-6,11,15,17,19-24,27-28H2,1-4H3,(H,40,47)(H,42,46). The van der Waals surface area contributed by atoms with Crippen molar-refractivity contribution in [3.63, 3.8) is 0 Å². The molecule has 3 heterocycles. The third-order valence-corrected chi connectivity index (χ3v) is 10.4. The average Bonchev–Trinajstić information content (AvgIpc) is 3.74. The molecule has 0 radical (unpaired) electrons. The predicted molar refractivity (Wildman–Crippen MR) is 198 cm³/mol. The SMILES string of the molecule is CCC(CC)n1c(Cc2cccs2)nc2cc(C(=O)NC(CCC(C)C)C(=O)NCCCN3CCN(Cc4ccccc4)CC3)ccc21. The van der Waals surface area contributed by atoms with E-state index >= 15 is 0 Å². The Balaban J connectivity index is 1.16. The molecule has 8 nitrogen and oxygen atoms in total. The zero-order valence-corrected chi connectivity index (χ0v) is 30.1. The van der Waals surface area contributed by atoms with E-state index < -0.39 is 6.04 Å². The van der Waals surface area contributed by atoms with E-state index in [1.807, 2.05) is 18.2 Å². The lowest BCUT2D eigenvalue weighted by atomic mass is 10.0. The van der Waals surface area contributed by atoms with Crippen LogP contribution in [0.1, 0.15) is 92.5 Å². The monoisotopic (exact) mass is 670 g/mol. The molecule has 2 N–H and O–H groups in total. The Morgan fingerprint density at radius 3 is 2.35 bits per heavy atom. The summed E-state index contributed by atoms with van der Waals surface area (Å²) in [4.78, 5) is 38.3. The molecule has 4 aromatic rings. The zero-order chi connectivity index (χ0) is 33.9. The van der Waals surface area contributed by atoms with E-state index in [0.717, 1.165) is 88.2 Å². The second kappa shape index (κ2) is 17.7. The highest BCUT2D eigenvalue weighted by Crippen LogP contribution is 2.28. The summed E-state index contributed by atoms with van der Waals surface area (Å²) in [6.45, 7) is 15.5. The highest BCUT2D eigenvalue weighted by molar-refractivity contribution is 7.09. The second-order valence-electron chi connectivity index (χ2n) is 13.6. The maximum atomic E-state index is 13.6. The lowest BCUT2D eigenvalue weighted by Gasteiger charge is -2.34. The van der Waals surface area contributed by atoms with Gasteiger partial charge in [-0.1, -0.05) is 64.1 Å². The fraction of sp³-hybridized carbons (Fsp3) is 0.513. The first-order chi connectivity index (χ1) is 23.3. The Labute approximate surface area is 290 Å². The van der Waals surface area contributed by atoms with Gasteiger partial charge in [-0.15, -0.1) is 11.3 Å². The second-order valence-corrected chi connectivity index (χ2v) is 14.6. The number of benzene rings is 2. The summed E-state index contributed by atoms with van der Waals surface area (Å²) in [5, 5.41) is 8.30. The van der Waals surface area contributed by atoms with E-state index in [1.54, 1.807) is 11.3 Å². The van der Waals surface area contributed by atoms with Gasteiger partial charge >= 0.3 is 0 Å². The van der Waals surface area contributed by atoms with Crippen LogP contribution in [0.4, 0.5) is 0 Å². The fourth-order valence-electron chi connectivity index (χ4n) is 6.71. The molecular weight excluding hydrogens is 617 g/mol. The first-order valence-electron chi connectivity index (χ1n) is 17.9. The third-order valence-electron chi connectivity index (χ3n) is 9.56. The number of imidazole rings is 1. The molecule has 1 aliphatic heterocycles. The highest BCUT2D eigenvalue weighted by atomic mass is 32.1. The smallest absolute Gasteiger partial charge is 0.252 e. The van der Waals surface area contributed by atoms with Crippen LogP contribution in [0.15, 0.2) is 66.0 Å². The van der Waals surface area contributed by atoms with Crippen LogP contribution in [0.2, 0.25) is 0 Å². The minimum Gasteiger partial charge on any atom is -0.354 e. The maximum absolute atomic E-state index is 13.6. The van der Waals surface area contributed by atoms with Crippen molar-refractivity contribution in [3.8, 4) is 0 Å². The fourth-order valence-corrected chi connectivity index (χ4v) is 7.41. The van der Waals surface area contributed by atoms with Crippen molar-refractivity contribution < 1.29 is 9.59 Å². The number of fused-ring (bicyclic) bond motifs is 1. The van der Waals surface area contributed by atoms with Gasteiger partial charge in [0.2, 0.25) is 5.91 Å². The van der Waals surface area contributed by atoms with Gasteiger partial charge in [0.05, 0.1) is 11.0 Å². The van der Waals surface area contributed by atoms with Gasteiger partial charge < -0.3 is 20.1 Å². The van der Waals surface area contributed by atoms with Crippen LogP contribution in [0, 0.1) is 5.92 Å². The number of rotatable bonds is 17. The van der Waals surface area contributed by atoms with Gasteiger partial charge in [0.25, 0.3) is 5.91 Å². The number of thiophene rings is 1. The summed E-state index contributed by atoms with van der Waals surface area (Å²) in [6, 6.07) is 20.4. The minimum atomic E-state index is -0.575. The molecule has 1 fully saturated rings. The summed E-state index contributed by atoms with van der Waals surface area (Å²) >= 11 is 1.74. The maximum Gasteiger partial charge on any atom is 0.252 e. The molecule has 2 aromatic carbocycles. The van der Waals surface area contributed by atoms with E-state index in [1.165, 1.54) is 10.4 Å². The lowest BCUT2D eigenvalue weighted by Crippen LogP contribution is -2.48. The molecule has 0 saturated carbocycles. The van der Waals surface area contributed by atoms with Crippen LogP contribution in [0.25, 0.3) is 11.0 Å². The Hall–Kier alpha value is -3.53. The summed E-state index contributed by atoms with van der Waals surface area (Å²) in [5.41, 5.74) is 3.77. The van der Waals surface area contributed by atoms with Gasteiger partial charge in [0.1, 0.15) is 11.9 Å². The number of piperazine rings is 1. The first-order valence-corrected chi connectivity index (χ1v) is 18.8. The van der Waals surface area contributed by atoms with Crippen molar-refractivity contribution in [2.75, 3.05) is 39.3 Å². The number of nitrogens with zero attached hydrogens (tertiary/aromatic N) is 4. The molecule has 0 bridgehead atoms. The molecular formula is C39H54N6O2S. The van der Waals surface area contributed by atoms with E-state index in [4.69, 9.17) is 4.98 Å². The van der Waals surface area contributed by atoms with Gasteiger partial charge in [-0.05, 0) is 79.8 Å². The van der Waals surface area contributed by atoms with Gasteiger partial charge in [0, 0.05) is 62.2 Å². The van der Waals surface area contributed by atoms with Crippen molar-refractivity contribution in [3.05, 3.63) is 87.9 Å². The Bertz CT molecular complexity index is 1570. The summed E-state index contributed by atoms with van der Waals surface area (Å²) in [6.07, 6.45) is 5.15. The molecule has 2 amide bonds. The Morgan fingerprint density at radius 1 is 0.917 bits per heavy atom. The molecule has 1 saturated heterocycles. The number of carbonyl (C=O) groups excluding carboxylic acids is 2. The number of hydrogen-bond acceptors (Lipinski definition) is 6. The van der Waals surface area contributed by atoms with Crippen LogP contribution in [-0.2, 0) is 17.8 Å². The van der Waals surface area contributed by atoms with Crippen LogP contribution in [0.5, 0.6) is 0 Å². The largest absolute Gasteiger partial charge is 0.354 e. The summed E-state index contributed by atoms with van der Waals surface area (Å²) in [5.74, 6) is 1.13. The molecule has 2 aromatic heterocycles. The highest BCUT2D eigenvalue weighted by Gasteiger charge is 2.24. The van der Waals surface area contributed by atoms with Crippen molar-refractivity contribution in [1.82, 2.24) is 30.0 Å². The van der Waals surface area contributed by atoms with Crippen molar-refractivity contribution >= 4 is 34.2 Å².